The van der Waals surface area contributed by atoms with Gasteiger partial charge < -0.3 is 24.0 Å². The molecule has 0 aromatic heterocycles. The zero-order valence-corrected chi connectivity index (χ0v) is 11.8. The van der Waals surface area contributed by atoms with Gasteiger partial charge in [0.2, 0.25) is 0 Å². The van der Waals surface area contributed by atoms with Gasteiger partial charge in [-0.2, -0.15) is 0 Å². The molecule has 1 aromatic carbocycles. The number of carbonyl (C=O) groups is 1. The van der Waals surface area contributed by atoms with Gasteiger partial charge in [-0.3, -0.25) is 0 Å². The van der Waals surface area contributed by atoms with E-state index in [9.17, 15) is 4.79 Å². The van der Waals surface area contributed by atoms with Crippen LogP contribution >= 0.6 is 32.2 Å². The minimum absolute atomic E-state index is 0. The van der Waals surface area contributed by atoms with Gasteiger partial charge in [-0.25, -0.2) is 4.79 Å². The second kappa shape index (κ2) is 9.97. The van der Waals surface area contributed by atoms with Gasteiger partial charge in [0.25, 0.3) is 0 Å². The molecule has 1 rings (SSSR count). The average Bonchev–Trinajstić information content (AvgIpc) is 2.16. The summed E-state index contributed by atoms with van der Waals surface area (Å²) < 4.78 is 5.32. The van der Waals surface area contributed by atoms with Crippen molar-refractivity contribution in [2.45, 2.75) is 0 Å². The van der Waals surface area contributed by atoms with Gasteiger partial charge in [-0.15, -0.1) is 0 Å². The largest absolute Gasteiger partial charge is 1.00 e. The van der Waals surface area contributed by atoms with Gasteiger partial charge in [-0.1, -0.05) is 6.07 Å². The van der Waals surface area contributed by atoms with E-state index in [4.69, 9.17) is 24.0 Å². The molecule has 0 heterocycles. The summed E-state index contributed by atoms with van der Waals surface area (Å²) in [4.78, 5) is 10.6. The maximum Gasteiger partial charge on any atom is 1.00 e. The Kier molecular flexibility index (Phi) is 11.3. The van der Waals surface area contributed by atoms with Crippen molar-refractivity contribution in [1.82, 2.24) is 0 Å². The van der Waals surface area contributed by atoms with E-state index in [1.807, 2.05) is 0 Å². The van der Waals surface area contributed by atoms with E-state index < -0.39 is 13.3 Å². The first-order valence-electron chi connectivity index (χ1n) is 3.72. The Morgan fingerprint density at radius 2 is 1.88 bits per heavy atom. The Hall–Kier alpha value is -0.00766. The molecular formula is C7H6BBr2LiO6. The van der Waals surface area contributed by atoms with Gasteiger partial charge in [0.1, 0.15) is 5.56 Å². The SMILES string of the molecule is O=C(O)c1cccc(Br)c1OBr.[Li+].[O-]B(O)O. The Labute approximate surface area is 127 Å². The van der Waals surface area contributed by atoms with Crippen molar-refractivity contribution < 1.29 is 47.7 Å². The first-order chi connectivity index (χ1) is 7.40. The molecule has 0 aliphatic carbocycles. The molecule has 0 spiro atoms. The monoisotopic (exact) mass is 362 g/mol. The third kappa shape index (κ3) is 7.83. The quantitative estimate of drug-likeness (QED) is 0.488. The van der Waals surface area contributed by atoms with Crippen LogP contribution in [0.2, 0.25) is 0 Å². The second-order valence-corrected chi connectivity index (χ2v) is 3.50. The van der Waals surface area contributed by atoms with Gasteiger partial charge in [0.05, 0.1) is 4.47 Å². The van der Waals surface area contributed by atoms with Crippen molar-refractivity contribution in [3.63, 3.8) is 0 Å². The van der Waals surface area contributed by atoms with Crippen molar-refractivity contribution in [3.8, 4) is 5.75 Å². The van der Waals surface area contributed by atoms with Crippen LogP contribution in [0.5, 0.6) is 5.75 Å². The van der Waals surface area contributed by atoms with E-state index in [0.29, 0.717) is 4.47 Å². The molecule has 0 atom stereocenters. The maximum atomic E-state index is 10.6. The fraction of sp³-hybridized carbons (Fsp3) is 0. The van der Waals surface area contributed by atoms with Crippen molar-refractivity contribution in [3.05, 3.63) is 28.2 Å². The molecule has 3 N–H and O–H groups in total. The fourth-order valence-electron chi connectivity index (χ4n) is 0.756. The number of hydrogen-bond acceptors (Lipinski definition) is 5. The summed E-state index contributed by atoms with van der Waals surface area (Å²) in [7, 11) is -2.42. The van der Waals surface area contributed by atoms with Crippen LogP contribution in [0.4, 0.5) is 0 Å². The van der Waals surface area contributed by atoms with Crippen molar-refractivity contribution in [2.24, 2.45) is 0 Å². The Morgan fingerprint density at radius 3 is 2.18 bits per heavy atom. The van der Waals surface area contributed by atoms with Crippen molar-refractivity contribution in [1.29, 1.82) is 0 Å². The fourth-order valence-corrected chi connectivity index (χ4v) is 1.77. The van der Waals surface area contributed by atoms with E-state index in [1.165, 1.54) is 6.07 Å². The molecule has 0 fully saturated rings. The Morgan fingerprint density at radius 1 is 1.41 bits per heavy atom. The van der Waals surface area contributed by atoms with Crippen molar-refractivity contribution >= 4 is 45.5 Å². The predicted molar refractivity (Wildman–Crippen MR) is 60.8 cm³/mol. The molecule has 0 unspecified atom stereocenters. The molecule has 6 nitrogen and oxygen atoms in total. The molecule has 0 aliphatic rings. The third-order valence-corrected chi connectivity index (χ3v) is 2.22. The number of carboxylic acid groups (broad SMARTS) is 1. The molecule has 17 heavy (non-hydrogen) atoms. The van der Waals surface area contributed by atoms with E-state index in [2.05, 4.69) is 32.2 Å². The number of aromatic carboxylic acids is 1. The number of rotatable bonds is 2. The summed E-state index contributed by atoms with van der Waals surface area (Å²) in [6, 6.07) is 4.79. The maximum absolute atomic E-state index is 10.6. The van der Waals surface area contributed by atoms with Gasteiger partial charge in [-0.05, 0) is 28.1 Å². The molecule has 0 radical (unpaired) electrons. The zero-order valence-electron chi connectivity index (χ0n) is 8.63. The van der Waals surface area contributed by atoms with Gasteiger partial charge in [0, 0.05) is 0 Å². The molecule has 0 bridgehead atoms. The molecule has 0 saturated carbocycles. The van der Waals surface area contributed by atoms with Crippen LogP contribution in [0.3, 0.4) is 0 Å². The third-order valence-electron chi connectivity index (χ3n) is 1.27. The number of carboxylic acids is 1. The molecule has 1 aromatic rings. The normalized spacial score (nSPS) is 8.29. The number of hydrogen-bond donors (Lipinski definition) is 3. The van der Waals surface area contributed by atoms with Crippen LogP contribution in [-0.2, 0) is 0 Å². The summed E-state index contributed by atoms with van der Waals surface area (Å²) in [5, 5.41) is 31.4. The molecule has 10 heteroatoms. The molecule has 0 aliphatic heterocycles. The van der Waals surface area contributed by atoms with Crippen LogP contribution < -0.4 is 27.7 Å². The minimum Gasteiger partial charge on any atom is -0.832 e. The second-order valence-electron chi connectivity index (χ2n) is 2.33. The topological polar surface area (TPSA) is 110 Å². The van der Waals surface area contributed by atoms with Crippen LogP contribution in [0.1, 0.15) is 10.4 Å². The number of benzene rings is 1. The molecule has 0 amide bonds. The van der Waals surface area contributed by atoms with Crippen LogP contribution in [0.25, 0.3) is 0 Å². The molecule has 88 valence electrons. The van der Waals surface area contributed by atoms with Gasteiger partial charge >= 0.3 is 32.2 Å². The Bertz CT molecular complexity index is 361. The summed E-state index contributed by atoms with van der Waals surface area (Å²) in [5.41, 5.74) is 0.112. The van der Waals surface area contributed by atoms with E-state index in [-0.39, 0.29) is 30.2 Å². The molecular weight excluding hydrogens is 358 g/mol. The van der Waals surface area contributed by atoms with Crippen LogP contribution in [0.15, 0.2) is 22.7 Å². The summed E-state index contributed by atoms with van der Waals surface area (Å²) in [6.07, 6.45) is 0. The standard InChI is InChI=1S/C7H4Br2O3.BH2O3.Li/c8-5-3-1-2-4(7(10)11)6(5)12-9;2-1(3)4;/h1-3H,(H,10,11);2-3H;/q;-1;+1. The first kappa shape index (κ1) is 19.3. The van der Waals surface area contributed by atoms with Crippen molar-refractivity contribution in [2.75, 3.05) is 0 Å². The number of para-hydroxylation sites is 1. The minimum atomic E-state index is -2.42. The van der Waals surface area contributed by atoms with E-state index in [0.717, 1.165) is 0 Å². The smallest absolute Gasteiger partial charge is 0.832 e. The summed E-state index contributed by atoms with van der Waals surface area (Å²) >= 11 is 5.89. The summed E-state index contributed by atoms with van der Waals surface area (Å²) in [5.74, 6) is -0.754. The van der Waals surface area contributed by atoms with Crippen LogP contribution in [-0.4, -0.2) is 28.4 Å². The van der Waals surface area contributed by atoms with Crippen LogP contribution in [0, 0.1) is 0 Å². The summed E-state index contributed by atoms with van der Waals surface area (Å²) in [6.45, 7) is 0. The zero-order chi connectivity index (χ0) is 12.7. The van der Waals surface area contributed by atoms with E-state index in [1.54, 1.807) is 12.1 Å². The first-order valence-corrected chi connectivity index (χ1v) is 5.16. The van der Waals surface area contributed by atoms with Gasteiger partial charge in [0.15, 0.2) is 22.0 Å². The Balaban J connectivity index is 0. The van der Waals surface area contributed by atoms with E-state index >= 15 is 0 Å². The average molecular weight is 364 g/mol. The predicted octanol–water partition coefficient (Wildman–Crippen LogP) is -2.84. The number of halogens is 2. The molecule has 0 saturated heterocycles.